The van der Waals surface area contributed by atoms with Crippen LogP contribution in [0.4, 0.5) is 0 Å². The molecule has 0 fully saturated rings. The number of rotatable bonds is 2. The molecule has 4 heteroatoms. The van der Waals surface area contributed by atoms with Crippen LogP contribution in [-0.4, -0.2) is 20.4 Å². The van der Waals surface area contributed by atoms with Crippen molar-refractivity contribution in [1.29, 1.82) is 0 Å². The average Bonchev–Trinajstić information content (AvgIpc) is 2.94. The zero-order valence-corrected chi connectivity index (χ0v) is 9.04. The van der Waals surface area contributed by atoms with E-state index in [9.17, 15) is 0 Å². The summed E-state index contributed by atoms with van der Waals surface area (Å²) >= 11 is 0. The number of aromatic nitrogens is 4. The van der Waals surface area contributed by atoms with Crippen molar-refractivity contribution in [3.63, 3.8) is 0 Å². The third-order valence-corrected chi connectivity index (χ3v) is 2.57. The lowest BCUT2D eigenvalue weighted by Gasteiger charge is -2.01. The lowest BCUT2D eigenvalue weighted by molar-refractivity contribution is 0.942. The summed E-state index contributed by atoms with van der Waals surface area (Å²) in [6.07, 6.45) is 3.50. The van der Waals surface area contributed by atoms with Crippen LogP contribution in [0.2, 0.25) is 0 Å². The highest BCUT2D eigenvalue weighted by Crippen LogP contribution is 2.21. The third kappa shape index (κ3) is 1.92. The van der Waals surface area contributed by atoms with E-state index >= 15 is 0 Å². The largest absolute Gasteiger partial charge is 0.258 e. The maximum atomic E-state index is 4.31. The van der Waals surface area contributed by atoms with Crippen LogP contribution in [0.1, 0.15) is 0 Å². The van der Waals surface area contributed by atoms with Gasteiger partial charge in [0.05, 0.1) is 17.6 Å². The molecule has 0 aliphatic carbocycles. The molecule has 82 valence electrons. The maximum absolute atomic E-state index is 4.31. The minimum absolute atomic E-state index is 0.914. The number of hydrogen-bond acceptors (Lipinski definition) is 3. The highest BCUT2D eigenvalue weighted by molar-refractivity contribution is 5.65. The van der Waals surface area contributed by atoms with E-state index in [1.807, 2.05) is 42.5 Å². The second-order valence-corrected chi connectivity index (χ2v) is 3.66. The monoisotopic (exact) mass is 222 g/mol. The van der Waals surface area contributed by atoms with Gasteiger partial charge >= 0.3 is 0 Å². The Morgan fingerprint density at radius 3 is 2.35 bits per heavy atom. The van der Waals surface area contributed by atoms with E-state index in [-0.39, 0.29) is 0 Å². The van der Waals surface area contributed by atoms with Crippen LogP contribution < -0.4 is 0 Å². The van der Waals surface area contributed by atoms with E-state index in [0.717, 1.165) is 22.5 Å². The summed E-state index contributed by atoms with van der Waals surface area (Å²) in [7, 11) is 0. The minimum atomic E-state index is 0.914. The van der Waals surface area contributed by atoms with Crippen molar-refractivity contribution in [1.82, 2.24) is 20.4 Å². The summed E-state index contributed by atoms with van der Waals surface area (Å²) < 4.78 is 0. The first kappa shape index (κ1) is 9.72. The molecular formula is C13H10N4. The maximum Gasteiger partial charge on any atom is 0.0853 e. The first-order chi connectivity index (χ1) is 8.43. The van der Waals surface area contributed by atoms with Gasteiger partial charge in [0.1, 0.15) is 0 Å². The molecule has 0 unspecified atom stereocenters. The Balaban J connectivity index is 1.96. The highest BCUT2D eigenvalue weighted by atomic mass is 15.3. The zero-order valence-electron chi connectivity index (χ0n) is 9.04. The molecule has 0 radical (unpaired) electrons. The number of pyridine rings is 1. The van der Waals surface area contributed by atoms with Crippen molar-refractivity contribution >= 4 is 0 Å². The van der Waals surface area contributed by atoms with Gasteiger partial charge in [0.15, 0.2) is 0 Å². The Morgan fingerprint density at radius 1 is 0.882 bits per heavy atom. The van der Waals surface area contributed by atoms with Gasteiger partial charge in [-0.1, -0.05) is 35.5 Å². The average molecular weight is 222 g/mol. The van der Waals surface area contributed by atoms with E-state index in [1.54, 1.807) is 12.4 Å². The van der Waals surface area contributed by atoms with Crippen LogP contribution in [0, 0.1) is 0 Å². The predicted molar refractivity (Wildman–Crippen MR) is 65.0 cm³/mol. The fraction of sp³-hybridized carbons (Fsp3) is 0. The van der Waals surface area contributed by atoms with E-state index in [2.05, 4.69) is 20.4 Å². The molecule has 1 N–H and O–H groups in total. The summed E-state index contributed by atoms with van der Waals surface area (Å²) in [4.78, 5) is 4.31. The number of aromatic amines is 1. The van der Waals surface area contributed by atoms with Gasteiger partial charge in [-0.3, -0.25) is 10.1 Å². The molecule has 0 spiro atoms. The Bertz CT molecular complexity index is 585. The lowest BCUT2D eigenvalue weighted by atomic mass is 10.1. The standard InChI is InChI=1S/C13H10N4/c1-2-8-14-12(3-1)10-4-6-11(7-5-10)13-9-15-17-16-13/h1-9H,(H,15,16,17). The van der Waals surface area contributed by atoms with E-state index in [4.69, 9.17) is 0 Å². The second-order valence-electron chi connectivity index (χ2n) is 3.66. The van der Waals surface area contributed by atoms with Gasteiger partial charge in [-0.15, -0.1) is 5.10 Å². The molecule has 0 saturated heterocycles. The molecule has 4 nitrogen and oxygen atoms in total. The van der Waals surface area contributed by atoms with Gasteiger partial charge in [0.2, 0.25) is 0 Å². The summed E-state index contributed by atoms with van der Waals surface area (Å²) in [5.41, 5.74) is 4.05. The fourth-order valence-electron chi connectivity index (χ4n) is 1.69. The molecule has 0 aliphatic heterocycles. The van der Waals surface area contributed by atoms with Crippen LogP contribution in [0.3, 0.4) is 0 Å². The Kier molecular flexibility index (Phi) is 2.38. The zero-order chi connectivity index (χ0) is 11.5. The number of nitrogens with one attached hydrogen (secondary N) is 1. The predicted octanol–water partition coefficient (Wildman–Crippen LogP) is 2.53. The number of hydrogen-bond donors (Lipinski definition) is 1. The van der Waals surface area contributed by atoms with Gasteiger partial charge in [-0.05, 0) is 12.1 Å². The van der Waals surface area contributed by atoms with Crippen LogP contribution in [-0.2, 0) is 0 Å². The van der Waals surface area contributed by atoms with Crippen molar-refractivity contribution in [2.75, 3.05) is 0 Å². The molecule has 3 aromatic rings. The first-order valence-corrected chi connectivity index (χ1v) is 5.31. The van der Waals surface area contributed by atoms with Crippen LogP contribution in [0.25, 0.3) is 22.5 Å². The second kappa shape index (κ2) is 4.17. The molecule has 0 saturated carbocycles. The van der Waals surface area contributed by atoms with E-state index in [0.29, 0.717) is 0 Å². The van der Waals surface area contributed by atoms with Crippen LogP contribution in [0.15, 0.2) is 54.9 Å². The molecule has 0 bridgehead atoms. The fourth-order valence-corrected chi connectivity index (χ4v) is 1.69. The molecule has 0 amide bonds. The smallest absolute Gasteiger partial charge is 0.0853 e. The SMILES string of the molecule is c1ccc(-c2ccc(-c3cnn[nH]3)cc2)nc1. The van der Waals surface area contributed by atoms with Crippen molar-refractivity contribution < 1.29 is 0 Å². The summed E-state index contributed by atoms with van der Waals surface area (Å²) in [5.74, 6) is 0. The minimum Gasteiger partial charge on any atom is -0.258 e. The van der Waals surface area contributed by atoms with Crippen molar-refractivity contribution in [2.24, 2.45) is 0 Å². The molecule has 3 rings (SSSR count). The quantitative estimate of drug-likeness (QED) is 0.724. The molecular weight excluding hydrogens is 212 g/mol. The molecule has 2 aromatic heterocycles. The summed E-state index contributed by atoms with van der Waals surface area (Å²) in [5, 5.41) is 10.3. The summed E-state index contributed by atoms with van der Waals surface area (Å²) in [6.45, 7) is 0. The molecule has 17 heavy (non-hydrogen) atoms. The van der Waals surface area contributed by atoms with Gasteiger partial charge in [0.25, 0.3) is 0 Å². The van der Waals surface area contributed by atoms with Gasteiger partial charge in [-0.2, -0.15) is 0 Å². The Morgan fingerprint density at radius 2 is 1.71 bits per heavy atom. The van der Waals surface area contributed by atoms with Crippen molar-refractivity contribution in [2.45, 2.75) is 0 Å². The molecule has 0 atom stereocenters. The molecule has 0 aliphatic rings. The van der Waals surface area contributed by atoms with Crippen LogP contribution >= 0.6 is 0 Å². The van der Waals surface area contributed by atoms with Gasteiger partial charge in [0, 0.05) is 17.3 Å². The van der Waals surface area contributed by atoms with Crippen molar-refractivity contribution in [3.05, 3.63) is 54.9 Å². The van der Waals surface area contributed by atoms with Crippen molar-refractivity contribution in [3.8, 4) is 22.5 Å². The van der Waals surface area contributed by atoms with E-state index < -0.39 is 0 Å². The van der Waals surface area contributed by atoms with Gasteiger partial charge < -0.3 is 0 Å². The first-order valence-electron chi connectivity index (χ1n) is 5.31. The Hall–Kier alpha value is -2.49. The molecule has 2 heterocycles. The summed E-state index contributed by atoms with van der Waals surface area (Å²) in [6, 6.07) is 14.0. The highest BCUT2D eigenvalue weighted by Gasteiger charge is 2.01. The molecule has 1 aromatic carbocycles. The number of benzene rings is 1. The normalized spacial score (nSPS) is 10.4. The van der Waals surface area contributed by atoms with Gasteiger partial charge in [-0.25, -0.2) is 0 Å². The Labute approximate surface area is 98.4 Å². The third-order valence-electron chi connectivity index (χ3n) is 2.57. The lowest BCUT2D eigenvalue weighted by Crippen LogP contribution is -1.83. The van der Waals surface area contributed by atoms with E-state index in [1.165, 1.54) is 0 Å². The van der Waals surface area contributed by atoms with Crippen LogP contribution in [0.5, 0.6) is 0 Å². The number of nitrogens with zero attached hydrogens (tertiary/aromatic N) is 3. The number of H-pyrrole nitrogens is 1. The topological polar surface area (TPSA) is 54.5 Å².